The number of aryl methyl sites for hydroxylation is 1. The molecule has 1 saturated heterocycles. The Bertz CT molecular complexity index is 758. The fourth-order valence-corrected chi connectivity index (χ4v) is 4.85. The molecular weight excluding hydrogens is 326 g/mol. The van der Waals surface area contributed by atoms with E-state index in [2.05, 4.69) is 10.1 Å². The summed E-state index contributed by atoms with van der Waals surface area (Å²) in [6.45, 7) is 2.55. The molecule has 1 aromatic heterocycles. The largest absolute Gasteiger partial charge is 0.338 e. The van der Waals surface area contributed by atoms with Gasteiger partial charge >= 0.3 is 0 Å². The molecule has 0 radical (unpaired) electrons. The summed E-state index contributed by atoms with van der Waals surface area (Å²) < 4.78 is 32.7. The van der Waals surface area contributed by atoms with Gasteiger partial charge in [0.2, 0.25) is 15.9 Å². The van der Waals surface area contributed by atoms with Crippen LogP contribution in [0.5, 0.6) is 0 Å². The van der Waals surface area contributed by atoms with E-state index in [0.717, 1.165) is 37.7 Å². The molecule has 1 aliphatic heterocycles. The molecule has 0 saturated carbocycles. The fourth-order valence-electron chi connectivity index (χ4n) is 3.08. The van der Waals surface area contributed by atoms with E-state index in [1.54, 1.807) is 4.31 Å². The number of hydrogen-bond acceptors (Lipinski definition) is 5. The van der Waals surface area contributed by atoms with E-state index in [4.69, 9.17) is 4.52 Å². The van der Waals surface area contributed by atoms with Crippen LogP contribution in [-0.2, 0) is 22.2 Å². The minimum Gasteiger partial charge on any atom is -0.338 e. The molecule has 0 N–H and O–H groups in total. The van der Waals surface area contributed by atoms with Crippen LogP contribution >= 0.6 is 0 Å². The van der Waals surface area contributed by atoms with E-state index in [9.17, 15) is 8.42 Å². The highest BCUT2D eigenvalue weighted by atomic mass is 32.2. The van der Waals surface area contributed by atoms with Crippen molar-refractivity contribution in [2.75, 3.05) is 6.54 Å². The van der Waals surface area contributed by atoms with Gasteiger partial charge in [0, 0.05) is 13.0 Å². The van der Waals surface area contributed by atoms with Crippen molar-refractivity contribution in [2.24, 2.45) is 0 Å². The van der Waals surface area contributed by atoms with Crippen molar-refractivity contribution in [1.82, 2.24) is 14.4 Å². The summed E-state index contributed by atoms with van der Waals surface area (Å²) in [6, 6.07) is 8.92. The number of benzene rings is 1. The van der Waals surface area contributed by atoms with E-state index in [0.29, 0.717) is 18.3 Å². The summed E-state index contributed by atoms with van der Waals surface area (Å²) in [5.74, 6) is 1.08. The molecule has 1 atom stereocenters. The summed E-state index contributed by atoms with van der Waals surface area (Å²) in [5, 5.41) is 3.97. The van der Waals surface area contributed by atoms with E-state index in [-0.39, 0.29) is 11.8 Å². The number of hydrogen-bond donors (Lipinski definition) is 0. The molecule has 0 amide bonds. The maximum absolute atomic E-state index is 12.9. The second kappa shape index (κ2) is 7.44. The predicted molar refractivity (Wildman–Crippen MR) is 90.7 cm³/mol. The van der Waals surface area contributed by atoms with Crippen LogP contribution in [0.1, 0.15) is 55.9 Å². The van der Waals surface area contributed by atoms with Crippen LogP contribution in [0.15, 0.2) is 34.9 Å². The van der Waals surface area contributed by atoms with Crippen LogP contribution in [0.2, 0.25) is 0 Å². The molecule has 0 aliphatic carbocycles. The number of nitrogens with zero attached hydrogens (tertiary/aromatic N) is 3. The van der Waals surface area contributed by atoms with Crippen molar-refractivity contribution < 1.29 is 12.9 Å². The fraction of sp³-hybridized carbons (Fsp3) is 0.529. The van der Waals surface area contributed by atoms with Gasteiger partial charge in [-0.3, -0.25) is 0 Å². The molecule has 2 heterocycles. The van der Waals surface area contributed by atoms with Gasteiger partial charge in [0.1, 0.15) is 6.04 Å². The first-order valence-electron chi connectivity index (χ1n) is 8.46. The number of rotatable bonds is 6. The molecule has 130 valence electrons. The van der Waals surface area contributed by atoms with Crippen molar-refractivity contribution in [3.05, 3.63) is 47.6 Å². The number of sulfonamides is 1. The smallest absolute Gasteiger partial charge is 0.245 e. The second-order valence-electron chi connectivity index (χ2n) is 6.16. The van der Waals surface area contributed by atoms with Crippen molar-refractivity contribution >= 4 is 10.0 Å². The molecule has 0 unspecified atom stereocenters. The highest BCUT2D eigenvalue weighted by molar-refractivity contribution is 7.88. The normalized spacial score (nSPS) is 19.5. The van der Waals surface area contributed by atoms with Crippen LogP contribution in [-0.4, -0.2) is 29.4 Å². The molecule has 0 bridgehead atoms. The van der Waals surface area contributed by atoms with E-state index >= 15 is 0 Å². The number of piperidine rings is 1. The van der Waals surface area contributed by atoms with Gasteiger partial charge < -0.3 is 4.52 Å². The maximum atomic E-state index is 12.9. The zero-order valence-electron chi connectivity index (χ0n) is 13.9. The third kappa shape index (κ3) is 3.84. The van der Waals surface area contributed by atoms with Crippen LogP contribution < -0.4 is 0 Å². The van der Waals surface area contributed by atoms with Crippen LogP contribution in [0.3, 0.4) is 0 Å². The number of aromatic nitrogens is 2. The lowest BCUT2D eigenvalue weighted by atomic mass is 10.1. The Morgan fingerprint density at radius 2 is 2.04 bits per heavy atom. The summed E-state index contributed by atoms with van der Waals surface area (Å²) in [5.41, 5.74) is 0.791. The molecule has 0 spiro atoms. The van der Waals surface area contributed by atoms with Crippen molar-refractivity contribution in [1.29, 1.82) is 0 Å². The Labute approximate surface area is 142 Å². The van der Waals surface area contributed by atoms with Crippen molar-refractivity contribution in [3.63, 3.8) is 0 Å². The lowest BCUT2D eigenvalue weighted by Gasteiger charge is -2.32. The lowest BCUT2D eigenvalue weighted by Crippen LogP contribution is -2.39. The molecule has 1 fully saturated rings. The van der Waals surface area contributed by atoms with Crippen molar-refractivity contribution in [2.45, 2.75) is 50.8 Å². The van der Waals surface area contributed by atoms with Crippen LogP contribution in [0.25, 0.3) is 0 Å². The summed E-state index contributed by atoms with van der Waals surface area (Å²) in [6.07, 6.45) is 4.22. The summed E-state index contributed by atoms with van der Waals surface area (Å²) in [7, 11) is -3.43. The Hall–Kier alpha value is -1.73. The van der Waals surface area contributed by atoms with Gasteiger partial charge in [-0.2, -0.15) is 9.29 Å². The van der Waals surface area contributed by atoms with Gasteiger partial charge in [0.05, 0.1) is 5.75 Å². The minimum absolute atomic E-state index is 0.000292. The quantitative estimate of drug-likeness (QED) is 0.801. The highest BCUT2D eigenvalue weighted by Gasteiger charge is 2.36. The van der Waals surface area contributed by atoms with Gasteiger partial charge in [-0.25, -0.2) is 8.42 Å². The highest BCUT2D eigenvalue weighted by Crippen LogP contribution is 2.33. The molecule has 1 aliphatic rings. The molecule has 24 heavy (non-hydrogen) atoms. The molecule has 6 nitrogen and oxygen atoms in total. The standard InChI is InChI=1S/C17H23N3O3S/c1-2-8-16-18-17(23-19-16)15-11-6-7-12-20(15)24(21,22)13-14-9-4-3-5-10-14/h3-5,9-10,15H,2,6-8,11-13H2,1H3/t15-/m1/s1. The topological polar surface area (TPSA) is 76.3 Å². The lowest BCUT2D eigenvalue weighted by molar-refractivity contribution is 0.204. The zero-order chi connectivity index (χ0) is 17.0. The summed E-state index contributed by atoms with van der Waals surface area (Å²) in [4.78, 5) is 4.41. The first-order chi connectivity index (χ1) is 11.6. The SMILES string of the molecule is CCCc1noc([C@H]2CCCCN2S(=O)(=O)Cc2ccccc2)n1. The van der Waals surface area contributed by atoms with Crippen LogP contribution in [0.4, 0.5) is 0 Å². The van der Waals surface area contributed by atoms with Crippen molar-refractivity contribution in [3.8, 4) is 0 Å². The Morgan fingerprint density at radius 1 is 1.25 bits per heavy atom. The Kier molecular flexibility index (Phi) is 5.30. The molecule has 1 aromatic carbocycles. The maximum Gasteiger partial charge on any atom is 0.245 e. The van der Waals surface area contributed by atoms with Gasteiger partial charge in [-0.05, 0) is 24.8 Å². The molecule has 3 rings (SSSR count). The Balaban J connectivity index is 1.83. The van der Waals surface area contributed by atoms with E-state index in [1.807, 2.05) is 37.3 Å². The third-order valence-electron chi connectivity index (χ3n) is 4.25. The first-order valence-corrected chi connectivity index (χ1v) is 10.1. The van der Waals surface area contributed by atoms with E-state index < -0.39 is 10.0 Å². The van der Waals surface area contributed by atoms with Gasteiger partial charge in [0.15, 0.2) is 5.82 Å². The predicted octanol–water partition coefficient (Wildman–Crippen LogP) is 3.08. The van der Waals surface area contributed by atoms with Gasteiger partial charge in [-0.1, -0.05) is 48.8 Å². The molecule has 2 aromatic rings. The average Bonchev–Trinajstić information content (AvgIpc) is 3.04. The monoisotopic (exact) mass is 349 g/mol. The second-order valence-corrected chi connectivity index (χ2v) is 8.08. The van der Waals surface area contributed by atoms with Crippen LogP contribution in [0, 0.1) is 0 Å². The Morgan fingerprint density at radius 3 is 2.79 bits per heavy atom. The first kappa shape index (κ1) is 17.1. The van der Waals surface area contributed by atoms with Gasteiger partial charge in [-0.15, -0.1) is 0 Å². The van der Waals surface area contributed by atoms with E-state index in [1.165, 1.54) is 0 Å². The molecular formula is C17H23N3O3S. The summed E-state index contributed by atoms with van der Waals surface area (Å²) >= 11 is 0. The zero-order valence-corrected chi connectivity index (χ0v) is 14.7. The molecule has 7 heteroatoms. The van der Waals surface area contributed by atoms with Gasteiger partial charge in [0.25, 0.3) is 0 Å². The average molecular weight is 349 g/mol. The third-order valence-corrected chi connectivity index (χ3v) is 6.10. The minimum atomic E-state index is -3.43.